The molecular weight excluding hydrogens is 354 g/mol. The standard InChI is InChI=1S/C23H21NO4/c1-2-11-28-22-18-6-4-3-5-16(18)13-19-20(22)14-24(23(19)27)17-9-7-15(8-10-17)12-21(25)26/h3-10,13H,2,11-12,14H2,1H3,(H,25,26). The van der Waals surface area contributed by atoms with Crippen LogP contribution in [0.1, 0.15) is 34.8 Å². The van der Waals surface area contributed by atoms with Crippen molar-refractivity contribution in [1.82, 2.24) is 0 Å². The van der Waals surface area contributed by atoms with Gasteiger partial charge in [-0.25, -0.2) is 0 Å². The Balaban J connectivity index is 1.73. The van der Waals surface area contributed by atoms with Gasteiger partial charge in [-0.1, -0.05) is 43.3 Å². The quantitative estimate of drug-likeness (QED) is 0.693. The highest BCUT2D eigenvalue weighted by Crippen LogP contribution is 2.39. The van der Waals surface area contributed by atoms with Gasteiger partial charge in [0.2, 0.25) is 0 Å². The molecule has 1 amide bonds. The maximum Gasteiger partial charge on any atom is 0.307 e. The molecule has 0 fully saturated rings. The highest BCUT2D eigenvalue weighted by Gasteiger charge is 2.32. The predicted octanol–water partition coefficient (Wildman–Crippen LogP) is 4.42. The lowest BCUT2D eigenvalue weighted by Gasteiger charge is -2.16. The first kappa shape index (κ1) is 18.0. The summed E-state index contributed by atoms with van der Waals surface area (Å²) in [7, 11) is 0. The van der Waals surface area contributed by atoms with Crippen LogP contribution in [0.5, 0.6) is 5.75 Å². The summed E-state index contributed by atoms with van der Waals surface area (Å²) in [5.41, 5.74) is 3.03. The molecular formula is C23H21NO4. The maximum atomic E-state index is 13.1. The van der Waals surface area contributed by atoms with E-state index in [4.69, 9.17) is 9.84 Å². The molecule has 0 radical (unpaired) electrons. The van der Waals surface area contributed by atoms with E-state index in [1.54, 1.807) is 29.2 Å². The summed E-state index contributed by atoms with van der Waals surface area (Å²) in [4.78, 5) is 25.7. The van der Waals surface area contributed by atoms with Crippen LogP contribution in [-0.2, 0) is 17.8 Å². The Kier molecular flexibility index (Phi) is 4.74. The molecule has 0 atom stereocenters. The van der Waals surface area contributed by atoms with Crippen LogP contribution in [0.2, 0.25) is 0 Å². The number of hydrogen-bond donors (Lipinski definition) is 1. The molecule has 0 aliphatic carbocycles. The lowest BCUT2D eigenvalue weighted by Crippen LogP contribution is -2.22. The lowest BCUT2D eigenvalue weighted by molar-refractivity contribution is -0.136. The van der Waals surface area contributed by atoms with Crippen molar-refractivity contribution in [2.24, 2.45) is 0 Å². The maximum absolute atomic E-state index is 13.1. The van der Waals surface area contributed by atoms with Crippen LogP contribution in [0.3, 0.4) is 0 Å². The van der Waals surface area contributed by atoms with Gasteiger partial charge in [-0.05, 0) is 35.6 Å². The summed E-state index contributed by atoms with van der Waals surface area (Å²) in [6.07, 6.45) is 0.857. The number of benzene rings is 3. The van der Waals surface area contributed by atoms with E-state index in [1.807, 2.05) is 30.3 Å². The van der Waals surface area contributed by atoms with Gasteiger partial charge in [0.05, 0.1) is 19.6 Å². The fourth-order valence-electron chi connectivity index (χ4n) is 3.63. The first-order valence-electron chi connectivity index (χ1n) is 9.38. The third kappa shape index (κ3) is 3.20. The number of aliphatic carboxylic acids is 1. The number of carbonyl (C=O) groups is 2. The van der Waals surface area contributed by atoms with Crippen molar-refractivity contribution < 1.29 is 19.4 Å². The van der Waals surface area contributed by atoms with Crippen LogP contribution in [-0.4, -0.2) is 23.6 Å². The Bertz CT molecular complexity index is 1060. The van der Waals surface area contributed by atoms with E-state index in [-0.39, 0.29) is 12.3 Å². The van der Waals surface area contributed by atoms with Crippen molar-refractivity contribution in [2.75, 3.05) is 11.5 Å². The molecule has 0 saturated heterocycles. The molecule has 0 aromatic heterocycles. The van der Waals surface area contributed by atoms with Crippen LogP contribution < -0.4 is 9.64 Å². The minimum atomic E-state index is -0.873. The van der Waals surface area contributed by atoms with Crippen molar-refractivity contribution in [2.45, 2.75) is 26.3 Å². The van der Waals surface area contributed by atoms with Crippen LogP contribution in [0.25, 0.3) is 10.8 Å². The molecule has 1 aliphatic heterocycles. The number of rotatable bonds is 6. The second-order valence-corrected chi connectivity index (χ2v) is 6.93. The number of fused-ring (bicyclic) bond motifs is 2. The van der Waals surface area contributed by atoms with Gasteiger partial charge in [-0.2, -0.15) is 0 Å². The number of anilines is 1. The van der Waals surface area contributed by atoms with Crippen molar-refractivity contribution in [3.8, 4) is 5.75 Å². The van der Waals surface area contributed by atoms with Crippen LogP contribution in [0.15, 0.2) is 54.6 Å². The summed E-state index contributed by atoms with van der Waals surface area (Å²) in [6.45, 7) is 3.09. The van der Waals surface area contributed by atoms with Gasteiger partial charge < -0.3 is 14.7 Å². The van der Waals surface area contributed by atoms with Crippen molar-refractivity contribution in [3.05, 3.63) is 71.3 Å². The minimum absolute atomic E-state index is 0.0329. The number of ether oxygens (including phenoxy) is 1. The topological polar surface area (TPSA) is 66.8 Å². The van der Waals surface area contributed by atoms with Crippen molar-refractivity contribution in [1.29, 1.82) is 0 Å². The molecule has 4 rings (SSSR count). The Morgan fingerprint density at radius 3 is 2.61 bits per heavy atom. The van der Waals surface area contributed by atoms with E-state index < -0.39 is 5.97 Å². The third-order valence-electron chi connectivity index (χ3n) is 4.95. The molecule has 3 aromatic carbocycles. The molecule has 5 nitrogen and oxygen atoms in total. The van der Waals surface area contributed by atoms with Crippen molar-refractivity contribution in [3.63, 3.8) is 0 Å². The van der Waals surface area contributed by atoms with Gasteiger partial charge in [0, 0.05) is 22.2 Å². The Hall–Kier alpha value is -3.34. The van der Waals surface area contributed by atoms with E-state index >= 15 is 0 Å². The Morgan fingerprint density at radius 1 is 1.14 bits per heavy atom. The monoisotopic (exact) mass is 375 g/mol. The van der Waals surface area contributed by atoms with Gasteiger partial charge in [0.1, 0.15) is 5.75 Å². The van der Waals surface area contributed by atoms with Gasteiger partial charge in [-0.15, -0.1) is 0 Å². The highest BCUT2D eigenvalue weighted by atomic mass is 16.5. The molecule has 3 aromatic rings. The van der Waals surface area contributed by atoms with Gasteiger partial charge in [0.25, 0.3) is 5.91 Å². The van der Waals surface area contributed by atoms with E-state index in [2.05, 4.69) is 6.92 Å². The number of carboxylic acid groups (broad SMARTS) is 1. The molecule has 0 saturated carbocycles. The van der Waals surface area contributed by atoms with Crippen LogP contribution in [0, 0.1) is 0 Å². The average Bonchev–Trinajstić information content (AvgIpc) is 3.02. The highest BCUT2D eigenvalue weighted by molar-refractivity contribution is 6.13. The summed E-state index contributed by atoms with van der Waals surface area (Å²) in [5.74, 6) is -0.150. The normalized spacial score (nSPS) is 13.0. The second-order valence-electron chi connectivity index (χ2n) is 6.93. The van der Waals surface area contributed by atoms with E-state index in [9.17, 15) is 9.59 Å². The summed E-state index contributed by atoms with van der Waals surface area (Å²) in [5, 5.41) is 10.9. The van der Waals surface area contributed by atoms with Gasteiger partial charge in [-0.3, -0.25) is 9.59 Å². The average molecular weight is 375 g/mol. The van der Waals surface area contributed by atoms with E-state index in [0.29, 0.717) is 24.3 Å². The number of carbonyl (C=O) groups excluding carboxylic acids is 1. The number of amides is 1. The molecule has 0 unspecified atom stereocenters. The number of hydrogen-bond acceptors (Lipinski definition) is 3. The summed E-state index contributed by atoms with van der Waals surface area (Å²) in [6, 6.07) is 17.0. The lowest BCUT2D eigenvalue weighted by atomic mass is 10.0. The Labute approximate surface area is 163 Å². The largest absolute Gasteiger partial charge is 0.493 e. The molecule has 1 N–H and O–H groups in total. The first-order chi connectivity index (χ1) is 13.6. The zero-order valence-electron chi connectivity index (χ0n) is 15.6. The predicted molar refractivity (Wildman–Crippen MR) is 108 cm³/mol. The SMILES string of the molecule is CCCOc1c2c(cc3ccccc13)C(=O)N(c1ccc(CC(=O)O)cc1)C2. The fourth-order valence-corrected chi connectivity index (χ4v) is 3.63. The summed E-state index contributed by atoms with van der Waals surface area (Å²) < 4.78 is 6.06. The van der Waals surface area contributed by atoms with Crippen LogP contribution in [0.4, 0.5) is 5.69 Å². The van der Waals surface area contributed by atoms with E-state index in [0.717, 1.165) is 34.2 Å². The van der Waals surface area contributed by atoms with Crippen LogP contribution >= 0.6 is 0 Å². The molecule has 28 heavy (non-hydrogen) atoms. The van der Waals surface area contributed by atoms with Crippen molar-refractivity contribution >= 4 is 28.3 Å². The molecule has 0 bridgehead atoms. The zero-order chi connectivity index (χ0) is 19.7. The smallest absolute Gasteiger partial charge is 0.307 e. The van der Waals surface area contributed by atoms with Gasteiger partial charge in [0.15, 0.2) is 0 Å². The zero-order valence-corrected chi connectivity index (χ0v) is 15.6. The number of carboxylic acids is 1. The fraction of sp³-hybridized carbons (Fsp3) is 0.217. The molecule has 5 heteroatoms. The minimum Gasteiger partial charge on any atom is -0.493 e. The summed E-state index contributed by atoms with van der Waals surface area (Å²) >= 11 is 0. The molecule has 142 valence electrons. The first-order valence-corrected chi connectivity index (χ1v) is 9.38. The third-order valence-corrected chi connectivity index (χ3v) is 4.95. The molecule has 0 spiro atoms. The Morgan fingerprint density at radius 2 is 1.89 bits per heavy atom. The molecule has 1 heterocycles. The van der Waals surface area contributed by atoms with Gasteiger partial charge >= 0.3 is 5.97 Å². The molecule has 1 aliphatic rings. The second kappa shape index (κ2) is 7.35. The number of nitrogens with zero attached hydrogens (tertiary/aromatic N) is 1. The van der Waals surface area contributed by atoms with E-state index in [1.165, 1.54) is 0 Å².